The Morgan fingerprint density at radius 1 is 0.971 bits per heavy atom. The van der Waals surface area contributed by atoms with Gasteiger partial charge in [-0.2, -0.15) is 4.72 Å². The molecule has 1 aliphatic heterocycles. The van der Waals surface area contributed by atoms with Crippen molar-refractivity contribution in [3.8, 4) is 0 Å². The lowest BCUT2D eigenvalue weighted by Gasteiger charge is -2.14. The number of fused-ring (bicyclic) bond motifs is 2. The maximum atomic E-state index is 13.3. The molecular weight excluding hydrogens is 470 g/mol. The standard InChI is InChI=1S/C24H17N5O5S/c30-24-23(28-35(33,34)20-12-4-6-15-8-5-13-25-22(15)20)27-21(18-10-1-2-11-19(18)26-24)16-7-3-9-17(14-16)29(31)32/h1-14,23,28H,(H,26,30). The van der Waals surface area contributed by atoms with E-state index in [9.17, 15) is 23.3 Å². The molecule has 0 radical (unpaired) electrons. The van der Waals surface area contributed by atoms with Gasteiger partial charge in [-0.25, -0.2) is 8.42 Å². The van der Waals surface area contributed by atoms with Gasteiger partial charge in [0.1, 0.15) is 4.90 Å². The van der Waals surface area contributed by atoms with Crippen LogP contribution >= 0.6 is 0 Å². The number of sulfonamides is 1. The summed E-state index contributed by atoms with van der Waals surface area (Å²) in [6.07, 6.45) is -0.0600. The summed E-state index contributed by atoms with van der Waals surface area (Å²) in [5, 5.41) is 14.6. The minimum Gasteiger partial charge on any atom is -0.322 e. The molecule has 174 valence electrons. The Balaban J connectivity index is 1.62. The van der Waals surface area contributed by atoms with E-state index in [2.05, 4.69) is 20.0 Å². The first-order valence-corrected chi connectivity index (χ1v) is 11.9. The fourth-order valence-corrected chi connectivity index (χ4v) is 5.10. The molecule has 0 fully saturated rings. The van der Waals surface area contributed by atoms with Crippen molar-refractivity contribution in [3.05, 3.63) is 106 Å². The number of benzene rings is 3. The number of aromatic nitrogens is 1. The number of hydrogen-bond acceptors (Lipinski definition) is 7. The molecule has 3 aromatic carbocycles. The number of para-hydroxylation sites is 2. The average Bonchev–Trinajstić information content (AvgIpc) is 2.99. The molecule has 11 heteroatoms. The smallest absolute Gasteiger partial charge is 0.270 e. The Morgan fingerprint density at radius 3 is 2.57 bits per heavy atom. The van der Waals surface area contributed by atoms with Gasteiger partial charge in [0.25, 0.3) is 11.6 Å². The van der Waals surface area contributed by atoms with Crippen LogP contribution in [0.2, 0.25) is 0 Å². The van der Waals surface area contributed by atoms with Crippen molar-refractivity contribution in [3.63, 3.8) is 0 Å². The number of nitro benzene ring substituents is 1. The molecule has 35 heavy (non-hydrogen) atoms. The second kappa shape index (κ2) is 8.70. The molecule has 0 spiro atoms. The largest absolute Gasteiger partial charge is 0.322 e. The summed E-state index contributed by atoms with van der Waals surface area (Å²) < 4.78 is 29.0. The Bertz CT molecular complexity index is 1630. The van der Waals surface area contributed by atoms with Gasteiger partial charge in [0.05, 0.1) is 21.8 Å². The quantitative estimate of drug-likeness (QED) is 0.327. The highest BCUT2D eigenvalue weighted by molar-refractivity contribution is 7.89. The van der Waals surface area contributed by atoms with Crippen LogP contribution < -0.4 is 10.0 Å². The van der Waals surface area contributed by atoms with Gasteiger partial charge < -0.3 is 5.32 Å². The van der Waals surface area contributed by atoms with Gasteiger partial charge in [-0.3, -0.25) is 24.9 Å². The average molecular weight is 487 g/mol. The summed E-state index contributed by atoms with van der Waals surface area (Å²) in [6.45, 7) is 0. The number of hydrogen-bond donors (Lipinski definition) is 2. The summed E-state index contributed by atoms with van der Waals surface area (Å²) >= 11 is 0. The molecule has 2 heterocycles. The molecule has 0 aliphatic carbocycles. The van der Waals surface area contributed by atoms with Gasteiger partial charge in [-0.15, -0.1) is 0 Å². The summed E-state index contributed by atoms with van der Waals surface area (Å²) in [7, 11) is -4.24. The highest BCUT2D eigenvalue weighted by Gasteiger charge is 2.31. The number of non-ortho nitro benzene ring substituents is 1. The fraction of sp³-hybridized carbons (Fsp3) is 0.0417. The van der Waals surface area contributed by atoms with Crippen LogP contribution in [0.15, 0.2) is 94.9 Å². The Morgan fingerprint density at radius 2 is 1.74 bits per heavy atom. The van der Waals surface area contributed by atoms with Gasteiger partial charge in [0.2, 0.25) is 10.0 Å². The van der Waals surface area contributed by atoms with Crippen molar-refractivity contribution in [2.45, 2.75) is 11.1 Å². The number of nitrogens with zero attached hydrogens (tertiary/aromatic N) is 3. The molecule has 1 atom stereocenters. The topological polar surface area (TPSA) is 144 Å². The minimum absolute atomic E-state index is 0.0998. The molecule has 1 amide bonds. The molecular formula is C24H17N5O5S. The monoisotopic (exact) mass is 487 g/mol. The van der Waals surface area contributed by atoms with Crippen LogP contribution in [0.4, 0.5) is 11.4 Å². The van der Waals surface area contributed by atoms with Crippen molar-refractivity contribution >= 4 is 43.9 Å². The Labute approximate surface area is 199 Å². The van der Waals surface area contributed by atoms with Gasteiger partial charge >= 0.3 is 0 Å². The Kier molecular flexibility index (Phi) is 5.55. The van der Waals surface area contributed by atoms with Gasteiger partial charge in [0.15, 0.2) is 6.17 Å². The Hall–Kier alpha value is -4.48. The van der Waals surface area contributed by atoms with Crippen molar-refractivity contribution in [2.75, 3.05) is 5.32 Å². The van der Waals surface area contributed by atoms with Gasteiger partial charge in [-0.1, -0.05) is 48.5 Å². The van der Waals surface area contributed by atoms with Crippen LogP contribution in [0, 0.1) is 10.1 Å². The second-order valence-corrected chi connectivity index (χ2v) is 9.36. The SMILES string of the molecule is O=C1Nc2ccccc2C(c2cccc([N+](=O)[O-])c2)=NC1NS(=O)(=O)c1cccc2cccnc12. The number of carbonyl (C=O) groups excluding carboxylic acids is 1. The number of amides is 1. The van der Waals surface area contributed by atoms with Crippen LogP contribution in [0.25, 0.3) is 10.9 Å². The lowest BCUT2D eigenvalue weighted by Crippen LogP contribution is -2.42. The maximum absolute atomic E-state index is 13.3. The van der Waals surface area contributed by atoms with Crippen molar-refractivity contribution in [1.82, 2.24) is 9.71 Å². The molecule has 5 rings (SSSR count). The third-order valence-corrected chi connectivity index (χ3v) is 6.87. The lowest BCUT2D eigenvalue weighted by atomic mass is 10.0. The van der Waals surface area contributed by atoms with E-state index in [1.165, 1.54) is 30.5 Å². The first-order chi connectivity index (χ1) is 16.8. The van der Waals surface area contributed by atoms with Crippen molar-refractivity contribution in [2.24, 2.45) is 4.99 Å². The highest BCUT2D eigenvalue weighted by atomic mass is 32.2. The van der Waals surface area contributed by atoms with E-state index < -0.39 is 27.0 Å². The van der Waals surface area contributed by atoms with Crippen molar-refractivity contribution < 1.29 is 18.1 Å². The third-order valence-electron chi connectivity index (χ3n) is 5.43. The zero-order chi connectivity index (χ0) is 24.6. The van der Waals surface area contributed by atoms with E-state index in [4.69, 9.17) is 0 Å². The van der Waals surface area contributed by atoms with Crippen LogP contribution in [0.5, 0.6) is 0 Å². The summed E-state index contributed by atoms with van der Waals surface area (Å²) in [5.41, 5.74) is 1.57. The van der Waals surface area contributed by atoms with E-state index in [0.29, 0.717) is 22.2 Å². The molecule has 10 nitrogen and oxygen atoms in total. The van der Waals surface area contributed by atoms with Crippen LogP contribution in [-0.2, 0) is 14.8 Å². The van der Waals surface area contributed by atoms with E-state index in [1.807, 2.05) is 0 Å². The predicted octanol–water partition coefficient (Wildman–Crippen LogP) is 3.24. The number of pyridine rings is 1. The fourth-order valence-electron chi connectivity index (χ4n) is 3.84. The number of anilines is 1. The molecule has 4 aromatic rings. The number of nitrogens with one attached hydrogen (secondary N) is 2. The highest BCUT2D eigenvalue weighted by Crippen LogP contribution is 2.27. The lowest BCUT2D eigenvalue weighted by molar-refractivity contribution is -0.384. The van der Waals surface area contributed by atoms with E-state index >= 15 is 0 Å². The predicted molar refractivity (Wildman–Crippen MR) is 130 cm³/mol. The second-order valence-electron chi connectivity index (χ2n) is 7.68. The van der Waals surface area contributed by atoms with E-state index in [1.54, 1.807) is 54.6 Å². The third kappa shape index (κ3) is 4.25. The molecule has 1 aromatic heterocycles. The van der Waals surface area contributed by atoms with Gasteiger partial charge in [0, 0.05) is 34.8 Å². The molecule has 1 unspecified atom stereocenters. The summed E-state index contributed by atoms with van der Waals surface area (Å²) in [4.78, 5) is 32.3. The first-order valence-electron chi connectivity index (χ1n) is 10.4. The number of nitro groups is 1. The van der Waals surface area contributed by atoms with E-state index in [0.717, 1.165) is 0 Å². The number of aliphatic imine (C=N–C) groups is 1. The molecule has 0 saturated carbocycles. The zero-order valence-electron chi connectivity index (χ0n) is 18.0. The van der Waals surface area contributed by atoms with Crippen LogP contribution in [0.3, 0.4) is 0 Å². The number of benzodiazepines with no additional fused rings is 1. The zero-order valence-corrected chi connectivity index (χ0v) is 18.8. The molecule has 1 aliphatic rings. The minimum atomic E-state index is -4.24. The van der Waals surface area contributed by atoms with Gasteiger partial charge in [-0.05, 0) is 18.2 Å². The van der Waals surface area contributed by atoms with Crippen molar-refractivity contribution in [1.29, 1.82) is 0 Å². The van der Waals surface area contributed by atoms with E-state index in [-0.39, 0.29) is 21.8 Å². The summed E-state index contributed by atoms with van der Waals surface area (Å²) in [5.74, 6) is -0.699. The number of carbonyl (C=O) groups is 1. The van der Waals surface area contributed by atoms with Crippen LogP contribution in [-0.4, -0.2) is 36.1 Å². The molecule has 0 bridgehead atoms. The first kappa shape index (κ1) is 22.3. The molecule has 0 saturated heterocycles. The maximum Gasteiger partial charge on any atom is 0.270 e. The summed E-state index contributed by atoms with van der Waals surface area (Å²) in [6, 6.07) is 20.7. The molecule has 2 N–H and O–H groups in total. The van der Waals surface area contributed by atoms with Crippen LogP contribution in [0.1, 0.15) is 11.1 Å². The number of rotatable bonds is 5. The normalized spacial score (nSPS) is 15.6.